The number of rotatable bonds is 6. The molecule has 0 atom stereocenters. The molecule has 0 radical (unpaired) electrons. The number of nitrogens with one attached hydrogen (secondary N) is 1. The van der Waals surface area contributed by atoms with Crippen molar-refractivity contribution in [2.24, 2.45) is 0 Å². The van der Waals surface area contributed by atoms with Crippen molar-refractivity contribution in [3.8, 4) is 5.75 Å². The van der Waals surface area contributed by atoms with E-state index in [1.165, 1.54) is 24.1 Å². The van der Waals surface area contributed by atoms with Crippen LogP contribution in [-0.2, 0) is 11.3 Å². The van der Waals surface area contributed by atoms with Crippen LogP contribution in [0.2, 0.25) is 0 Å². The number of hydrogen-bond donors (Lipinski definition) is 2. The van der Waals surface area contributed by atoms with E-state index in [1.807, 2.05) is 0 Å². The summed E-state index contributed by atoms with van der Waals surface area (Å²) in [6.07, 6.45) is 1.50. The van der Waals surface area contributed by atoms with E-state index in [1.54, 1.807) is 24.3 Å². The first-order chi connectivity index (χ1) is 10.1. The number of ether oxygens (including phenoxy) is 1. The zero-order valence-electron chi connectivity index (χ0n) is 11.4. The minimum Gasteiger partial charge on any atom is -0.495 e. The van der Waals surface area contributed by atoms with Gasteiger partial charge in [-0.1, -0.05) is 12.1 Å². The molecule has 21 heavy (non-hydrogen) atoms. The molecule has 0 aliphatic rings. The zero-order valence-corrected chi connectivity index (χ0v) is 11.4. The quantitative estimate of drug-likeness (QED) is 0.842. The maximum atomic E-state index is 11.9. The van der Waals surface area contributed by atoms with Gasteiger partial charge in [0.2, 0.25) is 5.91 Å². The van der Waals surface area contributed by atoms with Gasteiger partial charge in [-0.05, 0) is 18.2 Å². The number of aromatic carboxylic acids is 1. The molecule has 1 amide bonds. The van der Waals surface area contributed by atoms with Crippen molar-refractivity contribution in [3.05, 3.63) is 42.2 Å². The molecule has 0 aliphatic carbocycles. The van der Waals surface area contributed by atoms with E-state index in [2.05, 4.69) is 10.4 Å². The molecule has 0 saturated heterocycles. The Kier molecular flexibility index (Phi) is 4.55. The van der Waals surface area contributed by atoms with Gasteiger partial charge in [0.05, 0.1) is 19.3 Å². The molecule has 110 valence electrons. The monoisotopic (exact) mass is 289 g/mol. The van der Waals surface area contributed by atoms with Crippen LogP contribution in [0.3, 0.4) is 0 Å². The van der Waals surface area contributed by atoms with Crippen LogP contribution in [0.4, 0.5) is 5.69 Å². The molecule has 0 fully saturated rings. The number of aromatic nitrogens is 2. The highest BCUT2D eigenvalue weighted by Gasteiger charge is 2.12. The number of hydrogen-bond acceptors (Lipinski definition) is 4. The second-order valence-electron chi connectivity index (χ2n) is 4.24. The number of carboxylic acid groups (broad SMARTS) is 1. The Morgan fingerprint density at radius 1 is 1.33 bits per heavy atom. The summed E-state index contributed by atoms with van der Waals surface area (Å²) in [5.74, 6) is -0.750. The van der Waals surface area contributed by atoms with Gasteiger partial charge in [-0.2, -0.15) is 5.10 Å². The lowest BCUT2D eigenvalue weighted by Crippen LogP contribution is -2.17. The number of para-hydroxylation sites is 2. The third-order valence-electron chi connectivity index (χ3n) is 2.87. The fourth-order valence-corrected chi connectivity index (χ4v) is 1.86. The fraction of sp³-hybridized carbons (Fsp3) is 0.214. The van der Waals surface area contributed by atoms with Gasteiger partial charge in [-0.25, -0.2) is 4.79 Å². The number of amides is 1. The smallest absolute Gasteiger partial charge is 0.354 e. The minimum absolute atomic E-state index is 0.0556. The van der Waals surface area contributed by atoms with Gasteiger partial charge in [0.25, 0.3) is 0 Å². The molecule has 1 aromatic heterocycles. The first kappa shape index (κ1) is 14.6. The van der Waals surface area contributed by atoms with Crippen LogP contribution in [0.25, 0.3) is 0 Å². The van der Waals surface area contributed by atoms with Crippen LogP contribution >= 0.6 is 0 Å². The SMILES string of the molecule is COc1ccccc1NC(=O)CCn1nccc1C(=O)O. The highest BCUT2D eigenvalue weighted by Crippen LogP contribution is 2.23. The van der Waals surface area contributed by atoms with Crippen molar-refractivity contribution in [1.82, 2.24) is 9.78 Å². The summed E-state index contributed by atoms with van der Waals surface area (Å²) in [6, 6.07) is 8.45. The van der Waals surface area contributed by atoms with Gasteiger partial charge in [0.15, 0.2) is 0 Å². The molecule has 7 nitrogen and oxygen atoms in total. The van der Waals surface area contributed by atoms with Gasteiger partial charge in [-0.3, -0.25) is 9.48 Å². The van der Waals surface area contributed by atoms with E-state index in [0.29, 0.717) is 11.4 Å². The lowest BCUT2D eigenvalue weighted by atomic mass is 10.2. The van der Waals surface area contributed by atoms with Crippen molar-refractivity contribution < 1.29 is 19.4 Å². The topological polar surface area (TPSA) is 93.5 Å². The Labute approximate surface area is 121 Å². The molecule has 1 aromatic carbocycles. The summed E-state index contributed by atoms with van der Waals surface area (Å²) in [5, 5.41) is 15.5. The highest BCUT2D eigenvalue weighted by atomic mass is 16.5. The largest absolute Gasteiger partial charge is 0.495 e. The summed E-state index contributed by atoms with van der Waals surface area (Å²) in [7, 11) is 1.52. The summed E-state index contributed by atoms with van der Waals surface area (Å²) >= 11 is 0. The second kappa shape index (κ2) is 6.56. The van der Waals surface area contributed by atoms with Crippen LogP contribution in [0, 0.1) is 0 Å². The number of anilines is 1. The average Bonchev–Trinajstić information content (AvgIpc) is 2.94. The van der Waals surface area contributed by atoms with E-state index in [-0.39, 0.29) is 24.6 Å². The first-order valence-corrected chi connectivity index (χ1v) is 6.30. The first-order valence-electron chi connectivity index (χ1n) is 6.30. The number of carbonyl (C=O) groups is 2. The van der Waals surface area contributed by atoms with E-state index in [4.69, 9.17) is 9.84 Å². The maximum Gasteiger partial charge on any atom is 0.354 e. The molecular formula is C14H15N3O4. The molecule has 7 heteroatoms. The third-order valence-corrected chi connectivity index (χ3v) is 2.87. The number of benzene rings is 1. The Bertz CT molecular complexity index is 651. The molecule has 0 unspecified atom stereocenters. The number of carboxylic acids is 1. The lowest BCUT2D eigenvalue weighted by Gasteiger charge is -2.10. The van der Waals surface area contributed by atoms with Gasteiger partial charge in [-0.15, -0.1) is 0 Å². The molecule has 0 spiro atoms. The number of nitrogens with zero attached hydrogens (tertiary/aromatic N) is 2. The van der Waals surface area contributed by atoms with E-state index in [0.717, 1.165) is 0 Å². The fourth-order valence-electron chi connectivity index (χ4n) is 1.86. The molecule has 2 rings (SSSR count). The van der Waals surface area contributed by atoms with Crippen LogP contribution in [0.1, 0.15) is 16.9 Å². The predicted octanol–water partition coefficient (Wildman–Crippen LogP) is 1.62. The second-order valence-corrected chi connectivity index (χ2v) is 4.24. The molecule has 0 aliphatic heterocycles. The van der Waals surface area contributed by atoms with E-state index >= 15 is 0 Å². The third kappa shape index (κ3) is 3.59. The van der Waals surface area contributed by atoms with Crippen molar-refractivity contribution >= 4 is 17.6 Å². The highest BCUT2D eigenvalue weighted by molar-refractivity contribution is 5.92. The van der Waals surface area contributed by atoms with Gasteiger partial charge >= 0.3 is 5.97 Å². The predicted molar refractivity (Wildman–Crippen MR) is 75.4 cm³/mol. The summed E-state index contributed by atoms with van der Waals surface area (Å²) in [5.41, 5.74) is 0.629. The Morgan fingerprint density at radius 3 is 2.81 bits per heavy atom. The average molecular weight is 289 g/mol. The minimum atomic E-state index is -1.07. The number of aryl methyl sites for hydroxylation is 1. The Morgan fingerprint density at radius 2 is 2.10 bits per heavy atom. The van der Waals surface area contributed by atoms with Crippen LogP contribution in [0.15, 0.2) is 36.5 Å². The normalized spacial score (nSPS) is 10.1. The standard InChI is InChI=1S/C14H15N3O4/c1-21-12-5-3-2-4-10(12)16-13(18)7-9-17-11(14(19)20)6-8-15-17/h2-6,8H,7,9H2,1H3,(H,16,18)(H,19,20). The maximum absolute atomic E-state index is 11.9. The zero-order chi connectivity index (χ0) is 15.2. The summed E-state index contributed by atoms with van der Waals surface area (Å²) in [6.45, 7) is 0.190. The van der Waals surface area contributed by atoms with Crippen molar-refractivity contribution in [3.63, 3.8) is 0 Å². The molecule has 2 N–H and O–H groups in total. The van der Waals surface area contributed by atoms with Crippen molar-refractivity contribution in [1.29, 1.82) is 0 Å². The number of methoxy groups -OCH3 is 1. The van der Waals surface area contributed by atoms with Crippen molar-refractivity contribution in [2.75, 3.05) is 12.4 Å². The van der Waals surface area contributed by atoms with Gasteiger partial charge < -0.3 is 15.2 Å². The van der Waals surface area contributed by atoms with Gasteiger partial charge in [0, 0.05) is 12.6 Å². The molecule has 2 aromatic rings. The lowest BCUT2D eigenvalue weighted by molar-refractivity contribution is -0.116. The molecule has 1 heterocycles. The Balaban J connectivity index is 1.96. The molecular weight excluding hydrogens is 274 g/mol. The summed E-state index contributed by atoms with van der Waals surface area (Å²) < 4.78 is 6.42. The van der Waals surface area contributed by atoms with Crippen molar-refractivity contribution in [2.45, 2.75) is 13.0 Å². The van der Waals surface area contributed by atoms with Crippen LogP contribution in [0.5, 0.6) is 5.75 Å². The van der Waals surface area contributed by atoms with Crippen LogP contribution < -0.4 is 10.1 Å². The summed E-state index contributed by atoms with van der Waals surface area (Å²) in [4.78, 5) is 22.8. The van der Waals surface area contributed by atoms with E-state index in [9.17, 15) is 9.59 Å². The molecule has 0 saturated carbocycles. The Hall–Kier alpha value is -2.83. The van der Waals surface area contributed by atoms with Gasteiger partial charge in [0.1, 0.15) is 11.4 Å². The van der Waals surface area contributed by atoms with E-state index < -0.39 is 5.97 Å². The van der Waals surface area contributed by atoms with Crippen LogP contribution in [-0.4, -0.2) is 33.9 Å². The number of carbonyl (C=O) groups excluding carboxylic acids is 1. The molecule has 0 bridgehead atoms.